The molecule has 0 radical (unpaired) electrons. The molecule has 20 heavy (non-hydrogen) atoms. The van der Waals surface area contributed by atoms with E-state index in [9.17, 15) is 4.79 Å². The van der Waals surface area contributed by atoms with E-state index in [0.717, 1.165) is 58.8 Å². The van der Waals surface area contributed by atoms with Crippen LogP contribution in [0.1, 0.15) is 12.8 Å². The first kappa shape index (κ1) is 15.7. The summed E-state index contributed by atoms with van der Waals surface area (Å²) < 4.78 is 10.7. The van der Waals surface area contributed by atoms with E-state index in [-0.39, 0.29) is 5.91 Å². The van der Waals surface area contributed by atoms with Crippen molar-refractivity contribution in [3.05, 3.63) is 0 Å². The second-order valence-corrected chi connectivity index (χ2v) is 5.59. The maximum absolute atomic E-state index is 12.3. The van der Waals surface area contributed by atoms with Gasteiger partial charge in [0.2, 0.25) is 5.91 Å². The van der Waals surface area contributed by atoms with Gasteiger partial charge in [0.15, 0.2) is 0 Å². The van der Waals surface area contributed by atoms with Gasteiger partial charge in [0.25, 0.3) is 0 Å². The number of likely N-dealkylation sites (tertiary alicyclic amines) is 1. The summed E-state index contributed by atoms with van der Waals surface area (Å²) in [7, 11) is 3.38. The Kier molecular flexibility index (Phi) is 5.77. The SMILES string of the molecule is CNC(=O)C1(COC)CCCN1CCN1CCOCC1. The predicted octanol–water partition coefficient (Wildman–Crippen LogP) is -0.454. The Hall–Kier alpha value is -0.690. The van der Waals surface area contributed by atoms with Gasteiger partial charge in [-0.15, -0.1) is 0 Å². The van der Waals surface area contributed by atoms with Crippen LogP contribution in [0.2, 0.25) is 0 Å². The van der Waals surface area contributed by atoms with Gasteiger partial charge in [-0.2, -0.15) is 0 Å². The molecular weight excluding hydrogens is 258 g/mol. The molecule has 0 saturated carbocycles. The third-order valence-corrected chi connectivity index (χ3v) is 4.45. The zero-order valence-corrected chi connectivity index (χ0v) is 12.7. The molecule has 0 aromatic rings. The topological polar surface area (TPSA) is 54.0 Å². The van der Waals surface area contributed by atoms with Gasteiger partial charge in [-0.05, 0) is 19.4 Å². The second kappa shape index (κ2) is 7.36. The highest BCUT2D eigenvalue weighted by Gasteiger charge is 2.46. The van der Waals surface area contributed by atoms with Crippen molar-refractivity contribution in [2.24, 2.45) is 0 Å². The lowest BCUT2D eigenvalue weighted by atomic mass is 9.96. The molecule has 6 nitrogen and oxygen atoms in total. The summed E-state index contributed by atoms with van der Waals surface area (Å²) in [5.41, 5.74) is -0.476. The fourth-order valence-corrected chi connectivity index (χ4v) is 3.30. The number of hydrogen-bond donors (Lipinski definition) is 1. The largest absolute Gasteiger partial charge is 0.382 e. The minimum Gasteiger partial charge on any atom is -0.382 e. The zero-order chi connectivity index (χ0) is 14.4. The summed E-state index contributed by atoms with van der Waals surface area (Å²) in [6, 6.07) is 0. The lowest BCUT2D eigenvalue weighted by Gasteiger charge is -2.37. The number of morpholine rings is 1. The lowest BCUT2D eigenvalue weighted by molar-refractivity contribution is -0.135. The molecule has 1 amide bonds. The number of rotatable bonds is 6. The van der Waals surface area contributed by atoms with Gasteiger partial charge in [-0.1, -0.05) is 0 Å². The first-order chi connectivity index (χ1) is 9.73. The number of methoxy groups -OCH3 is 1. The van der Waals surface area contributed by atoms with Crippen molar-refractivity contribution in [2.45, 2.75) is 18.4 Å². The van der Waals surface area contributed by atoms with Crippen LogP contribution in [0.25, 0.3) is 0 Å². The third-order valence-electron chi connectivity index (χ3n) is 4.45. The summed E-state index contributed by atoms with van der Waals surface area (Å²) in [6.07, 6.45) is 1.93. The number of hydrogen-bond acceptors (Lipinski definition) is 5. The molecule has 6 heteroatoms. The van der Waals surface area contributed by atoms with E-state index >= 15 is 0 Å². The van der Waals surface area contributed by atoms with Crippen LogP contribution in [0.3, 0.4) is 0 Å². The van der Waals surface area contributed by atoms with Gasteiger partial charge >= 0.3 is 0 Å². The molecule has 0 bridgehead atoms. The first-order valence-corrected chi connectivity index (χ1v) is 7.49. The number of amides is 1. The average molecular weight is 285 g/mol. The summed E-state index contributed by atoms with van der Waals surface area (Å²) in [5.74, 6) is 0.0822. The van der Waals surface area contributed by atoms with E-state index in [2.05, 4.69) is 15.1 Å². The summed E-state index contributed by atoms with van der Waals surface area (Å²) in [6.45, 7) is 6.97. The summed E-state index contributed by atoms with van der Waals surface area (Å²) in [5, 5.41) is 2.81. The highest BCUT2D eigenvalue weighted by Crippen LogP contribution is 2.29. The first-order valence-electron chi connectivity index (χ1n) is 7.49. The van der Waals surface area contributed by atoms with Gasteiger partial charge in [0.1, 0.15) is 5.54 Å². The molecule has 0 aromatic heterocycles. The molecule has 1 unspecified atom stereocenters. The standard InChI is InChI=1S/C14H27N3O3/c1-15-13(18)14(12-19-2)4-3-5-17(14)7-6-16-8-10-20-11-9-16/h3-12H2,1-2H3,(H,15,18). The van der Waals surface area contributed by atoms with Gasteiger partial charge in [-0.25, -0.2) is 0 Å². The molecular formula is C14H27N3O3. The van der Waals surface area contributed by atoms with Crippen LogP contribution >= 0.6 is 0 Å². The number of nitrogens with one attached hydrogen (secondary N) is 1. The maximum atomic E-state index is 12.3. The molecule has 2 heterocycles. The van der Waals surface area contributed by atoms with Crippen LogP contribution in [-0.2, 0) is 14.3 Å². The van der Waals surface area contributed by atoms with Gasteiger partial charge < -0.3 is 14.8 Å². The maximum Gasteiger partial charge on any atom is 0.242 e. The number of carbonyl (C=O) groups is 1. The number of likely N-dealkylation sites (N-methyl/N-ethyl adjacent to an activating group) is 1. The molecule has 1 N–H and O–H groups in total. The van der Waals surface area contributed by atoms with E-state index in [1.54, 1.807) is 14.2 Å². The minimum atomic E-state index is -0.476. The normalized spacial score (nSPS) is 28.7. The molecule has 2 rings (SSSR count). The fourth-order valence-electron chi connectivity index (χ4n) is 3.30. The lowest BCUT2D eigenvalue weighted by Crippen LogP contribution is -2.59. The Morgan fingerprint density at radius 1 is 1.30 bits per heavy atom. The predicted molar refractivity (Wildman–Crippen MR) is 76.7 cm³/mol. The molecule has 2 fully saturated rings. The highest BCUT2D eigenvalue weighted by molar-refractivity contribution is 5.86. The number of ether oxygens (including phenoxy) is 2. The van der Waals surface area contributed by atoms with Gasteiger partial charge in [0.05, 0.1) is 19.8 Å². The van der Waals surface area contributed by atoms with Gasteiger partial charge in [0, 0.05) is 40.3 Å². The van der Waals surface area contributed by atoms with Crippen molar-refractivity contribution in [3.8, 4) is 0 Å². The van der Waals surface area contributed by atoms with Crippen LogP contribution in [-0.4, -0.2) is 87.9 Å². The van der Waals surface area contributed by atoms with E-state index in [4.69, 9.17) is 9.47 Å². The van der Waals surface area contributed by atoms with Crippen molar-refractivity contribution in [3.63, 3.8) is 0 Å². The quantitative estimate of drug-likeness (QED) is 0.716. The molecule has 2 aliphatic heterocycles. The van der Waals surface area contributed by atoms with Crippen LogP contribution in [0, 0.1) is 0 Å². The average Bonchev–Trinajstić information content (AvgIpc) is 2.89. The molecule has 2 aliphatic rings. The molecule has 1 atom stereocenters. The third kappa shape index (κ3) is 3.31. The molecule has 0 spiro atoms. The Morgan fingerprint density at radius 2 is 2.05 bits per heavy atom. The van der Waals surface area contributed by atoms with Crippen LogP contribution in [0.5, 0.6) is 0 Å². The van der Waals surface area contributed by atoms with E-state index in [1.807, 2.05) is 0 Å². The van der Waals surface area contributed by atoms with Crippen LogP contribution < -0.4 is 5.32 Å². The van der Waals surface area contributed by atoms with Crippen molar-refractivity contribution in [1.29, 1.82) is 0 Å². The number of carbonyl (C=O) groups excluding carboxylic acids is 1. The Morgan fingerprint density at radius 3 is 2.70 bits per heavy atom. The van der Waals surface area contributed by atoms with Crippen molar-refractivity contribution in [2.75, 3.05) is 66.7 Å². The second-order valence-electron chi connectivity index (χ2n) is 5.59. The molecule has 0 aromatic carbocycles. The minimum absolute atomic E-state index is 0.0822. The summed E-state index contributed by atoms with van der Waals surface area (Å²) >= 11 is 0. The molecule has 116 valence electrons. The van der Waals surface area contributed by atoms with Crippen molar-refractivity contribution in [1.82, 2.24) is 15.1 Å². The van der Waals surface area contributed by atoms with Gasteiger partial charge in [-0.3, -0.25) is 14.6 Å². The number of nitrogens with zero attached hydrogens (tertiary/aromatic N) is 2. The van der Waals surface area contributed by atoms with Crippen molar-refractivity contribution >= 4 is 5.91 Å². The fraction of sp³-hybridized carbons (Fsp3) is 0.929. The Bertz CT molecular complexity index is 321. The Labute approximate surface area is 121 Å². The zero-order valence-electron chi connectivity index (χ0n) is 12.7. The molecule has 2 saturated heterocycles. The smallest absolute Gasteiger partial charge is 0.242 e. The highest BCUT2D eigenvalue weighted by atomic mass is 16.5. The van der Waals surface area contributed by atoms with E-state index in [1.165, 1.54) is 0 Å². The van der Waals surface area contributed by atoms with Crippen LogP contribution in [0.4, 0.5) is 0 Å². The Balaban J connectivity index is 1.94. The van der Waals surface area contributed by atoms with E-state index in [0.29, 0.717) is 6.61 Å². The van der Waals surface area contributed by atoms with E-state index < -0.39 is 5.54 Å². The summed E-state index contributed by atoms with van der Waals surface area (Å²) in [4.78, 5) is 17.0. The monoisotopic (exact) mass is 285 g/mol. The van der Waals surface area contributed by atoms with Crippen molar-refractivity contribution < 1.29 is 14.3 Å². The van der Waals surface area contributed by atoms with Crippen LogP contribution in [0.15, 0.2) is 0 Å². The molecule has 0 aliphatic carbocycles.